The first kappa shape index (κ1) is 11.8. The van der Waals surface area contributed by atoms with Crippen molar-refractivity contribution in [3.8, 4) is 5.75 Å². The highest BCUT2D eigenvalue weighted by Crippen LogP contribution is 2.17. The predicted molar refractivity (Wildman–Crippen MR) is 73.8 cm³/mol. The Hall–Kier alpha value is -2.29. The van der Waals surface area contributed by atoms with Crippen LogP contribution in [0.4, 0.5) is 4.39 Å². The number of nitrogens with zero attached hydrogens (tertiary/aromatic N) is 1. The van der Waals surface area contributed by atoms with E-state index in [1.807, 2.05) is 42.6 Å². The van der Waals surface area contributed by atoms with Crippen LogP contribution in [0.3, 0.4) is 0 Å². The van der Waals surface area contributed by atoms with Crippen LogP contribution >= 0.6 is 0 Å². The van der Waals surface area contributed by atoms with Gasteiger partial charge in [0.05, 0.1) is 6.54 Å². The Kier molecular flexibility index (Phi) is 3.19. The van der Waals surface area contributed by atoms with Crippen molar-refractivity contribution in [1.29, 1.82) is 0 Å². The van der Waals surface area contributed by atoms with Crippen LogP contribution in [0.2, 0.25) is 0 Å². The van der Waals surface area contributed by atoms with Gasteiger partial charge in [0.15, 0.2) is 0 Å². The normalized spacial score (nSPS) is 10.8. The Balaban J connectivity index is 1.69. The molecule has 0 spiro atoms. The van der Waals surface area contributed by atoms with Gasteiger partial charge >= 0.3 is 0 Å². The molecule has 0 amide bonds. The van der Waals surface area contributed by atoms with Gasteiger partial charge in [-0.05, 0) is 36.4 Å². The summed E-state index contributed by atoms with van der Waals surface area (Å²) in [5, 5.41) is 0.916. The Morgan fingerprint density at radius 1 is 1.00 bits per heavy atom. The molecule has 0 atom stereocenters. The van der Waals surface area contributed by atoms with Crippen LogP contribution in [0.25, 0.3) is 10.9 Å². The summed E-state index contributed by atoms with van der Waals surface area (Å²) in [4.78, 5) is 0. The van der Waals surface area contributed by atoms with Crippen LogP contribution in [0, 0.1) is 5.82 Å². The van der Waals surface area contributed by atoms with Gasteiger partial charge in [-0.3, -0.25) is 0 Å². The molecular weight excluding hydrogens is 241 g/mol. The number of halogens is 1. The minimum atomic E-state index is -0.203. The number of aromatic nitrogens is 1. The Morgan fingerprint density at radius 2 is 1.84 bits per heavy atom. The quantitative estimate of drug-likeness (QED) is 0.690. The molecule has 2 aromatic carbocycles. The van der Waals surface area contributed by atoms with E-state index >= 15 is 0 Å². The van der Waals surface area contributed by atoms with Crippen LogP contribution in [-0.2, 0) is 6.54 Å². The number of para-hydroxylation sites is 1. The van der Waals surface area contributed by atoms with Crippen molar-refractivity contribution in [2.24, 2.45) is 0 Å². The molecule has 0 saturated heterocycles. The van der Waals surface area contributed by atoms with E-state index in [4.69, 9.17) is 4.74 Å². The van der Waals surface area contributed by atoms with Gasteiger partial charge in [0, 0.05) is 17.1 Å². The molecule has 2 nitrogen and oxygen atoms in total. The number of benzene rings is 2. The monoisotopic (exact) mass is 255 g/mol. The zero-order chi connectivity index (χ0) is 13.1. The minimum Gasteiger partial charge on any atom is -0.492 e. The first-order valence-electron chi connectivity index (χ1n) is 6.25. The average molecular weight is 255 g/mol. The second-order valence-electron chi connectivity index (χ2n) is 4.37. The molecule has 0 saturated carbocycles. The Bertz CT molecular complexity index is 676. The predicted octanol–water partition coefficient (Wildman–Crippen LogP) is 3.86. The summed E-state index contributed by atoms with van der Waals surface area (Å²) in [6.45, 7) is 1.33. The lowest BCUT2D eigenvalue weighted by atomic mass is 10.2. The molecule has 3 heteroatoms. The lowest BCUT2D eigenvalue weighted by Gasteiger charge is -2.08. The molecule has 0 N–H and O–H groups in total. The number of hydrogen-bond donors (Lipinski definition) is 0. The lowest BCUT2D eigenvalue weighted by molar-refractivity contribution is 0.300. The van der Waals surface area contributed by atoms with Crippen molar-refractivity contribution in [2.45, 2.75) is 6.54 Å². The third-order valence-corrected chi connectivity index (χ3v) is 3.08. The molecule has 0 aliphatic carbocycles. The van der Waals surface area contributed by atoms with Crippen molar-refractivity contribution in [3.63, 3.8) is 0 Å². The summed E-state index contributed by atoms with van der Waals surface area (Å²) in [5.74, 6) is 0.663. The molecule has 0 aliphatic heterocycles. The van der Waals surface area contributed by atoms with E-state index in [-0.39, 0.29) is 5.82 Å². The van der Waals surface area contributed by atoms with Gasteiger partial charge in [0.25, 0.3) is 0 Å². The molecular formula is C16H14FNO. The van der Waals surface area contributed by atoms with Crippen molar-refractivity contribution >= 4 is 10.9 Å². The fourth-order valence-corrected chi connectivity index (χ4v) is 2.14. The van der Waals surface area contributed by atoms with Gasteiger partial charge in [-0.1, -0.05) is 18.2 Å². The summed E-state index contributed by atoms with van der Waals surface area (Å²) in [7, 11) is 0. The Morgan fingerprint density at radius 3 is 2.68 bits per heavy atom. The molecule has 0 bridgehead atoms. The number of ether oxygens (including phenoxy) is 1. The maximum Gasteiger partial charge on any atom is 0.123 e. The zero-order valence-corrected chi connectivity index (χ0v) is 10.4. The summed E-state index contributed by atoms with van der Waals surface area (Å²) >= 11 is 0. The van der Waals surface area contributed by atoms with E-state index in [2.05, 4.69) is 4.57 Å². The summed E-state index contributed by atoms with van der Waals surface area (Å²) in [6.07, 6.45) is 1.96. The highest BCUT2D eigenvalue weighted by Gasteiger charge is 2.02. The zero-order valence-electron chi connectivity index (χ0n) is 10.4. The van der Waals surface area contributed by atoms with Gasteiger partial charge in [-0.2, -0.15) is 0 Å². The van der Waals surface area contributed by atoms with Gasteiger partial charge in [-0.25, -0.2) is 4.39 Å². The van der Waals surface area contributed by atoms with Gasteiger partial charge in [0.1, 0.15) is 18.2 Å². The van der Waals surface area contributed by atoms with Gasteiger partial charge in [0.2, 0.25) is 0 Å². The summed E-state index contributed by atoms with van der Waals surface area (Å²) in [5.41, 5.74) is 1.03. The van der Waals surface area contributed by atoms with Gasteiger partial charge in [-0.15, -0.1) is 0 Å². The van der Waals surface area contributed by atoms with Crippen LogP contribution in [-0.4, -0.2) is 11.2 Å². The fourth-order valence-electron chi connectivity index (χ4n) is 2.14. The lowest BCUT2D eigenvalue weighted by Crippen LogP contribution is -2.06. The largest absolute Gasteiger partial charge is 0.492 e. The third-order valence-electron chi connectivity index (χ3n) is 3.08. The first-order valence-corrected chi connectivity index (χ1v) is 6.25. The van der Waals surface area contributed by atoms with E-state index in [0.29, 0.717) is 6.61 Å². The highest BCUT2D eigenvalue weighted by atomic mass is 19.1. The SMILES string of the molecule is Fc1ccc2c(ccn2CCOc2ccccc2)c1. The molecule has 0 unspecified atom stereocenters. The molecule has 0 radical (unpaired) electrons. The van der Waals surface area contributed by atoms with E-state index in [9.17, 15) is 4.39 Å². The summed E-state index contributed by atoms with van der Waals surface area (Å²) in [6, 6.07) is 16.5. The standard InChI is InChI=1S/C16H14FNO/c17-14-6-7-16-13(12-14)8-9-18(16)10-11-19-15-4-2-1-3-5-15/h1-9,12H,10-11H2. The molecule has 0 aliphatic rings. The maximum absolute atomic E-state index is 13.1. The second kappa shape index (κ2) is 5.14. The molecule has 19 heavy (non-hydrogen) atoms. The highest BCUT2D eigenvalue weighted by molar-refractivity contribution is 5.80. The van der Waals surface area contributed by atoms with Crippen LogP contribution < -0.4 is 4.74 Å². The van der Waals surface area contributed by atoms with E-state index in [0.717, 1.165) is 23.2 Å². The maximum atomic E-state index is 13.1. The van der Waals surface area contributed by atoms with Crippen molar-refractivity contribution in [1.82, 2.24) is 4.57 Å². The van der Waals surface area contributed by atoms with E-state index < -0.39 is 0 Å². The molecule has 3 aromatic rings. The fraction of sp³-hybridized carbons (Fsp3) is 0.125. The second-order valence-corrected chi connectivity index (χ2v) is 4.37. The average Bonchev–Trinajstić information content (AvgIpc) is 2.82. The van der Waals surface area contributed by atoms with Crippen molar-refractivity contribution in [3.05, 3.63) is 66.6 Å². The number of hydrogen-bond acceptors (Lipinski definition) is 1. The third kappa shape index (κ3) is 2.60. The van der Waals surface area contributed by atoms with Crippen LogP contribution in [0.1, 0.15) is 0 Å². The molecule has 1 heterocycles. The topological polar surface area (TPSA) is 14.2 Å². The number of fused-ring (bicyclic) bond motifs is 1. The van der Waals surface area contributed by atoms with E-state index in [1.54, 1.807) is 12.1 Å². The molecule has 3 rings (SSSR count). The van der Waals surface area contributed by atoms with Crippen molar-refractivity contribution < 1.29 is 9.13 Å². The molecule has 0 fully saturated rings. The number of rotatable bonds is 4. The smallest absolute Gasteiger partial charge is 0.123 e. The summed E-state index contributed by atoms with van der Waals surface area (Å²) < 4.78 is 20.8. The minimum absolute atomic E-state index is 0.203. The Labute approximate surface area is 111 Å². The van der Waals surface area contributed by atoms with Crippen LogP contribution in [0.15, 0.2) is 60.8 Å². The van der Waals surface area contributed by atoms with Crippen molar-refractivity contribution in [2.75, 3.05) is 6.61 Å². The van der Waals surface area contributed by atoms with E-state index in [1.165, 1.54) is 6.07 Å². The molecule has 1 aromatic heterocycles. The van der Waals surface area contributed by atoms with Crippen LogP contribution in [0.5, 0.6) is 5.75 Å². The van der Waals surface area contributed by atoms with Gasteiger partial charge < -0.3 is 9.30 Å². The first-order chi connectivity index (χ1) is 9.33. The molecule has 96 valence electrons.